The molecule has 70 valence electrons. The SMILES string of the molecule is C=CC(/C=C\C)=C(\C=C/C)C(=C)C. The summed E-state index contributed by atoms with van der Waals surface area (Å²) >= 11 is 0. The molecule has 0 rings (SSSR count). The molecule has 0 saturated heterocycles. The molecule has 0 atom stereocenters. The lowest BCUT2D eigenvalue weighted by molar-refractivity contribution is 1.40. The minimum Gasteiger partial charge on any atom is -0.0984 e. The van der Waals surface area contributed by atoms with E-state index in [9.17, 15) is 0 Å². The zero-order valence-corrected chi connectivity index (χ0v) is 8.80. The van der Waals surface area contributed by atoms with Crippen molar-refractivity contribution >= 4 is 0 Å². The van der Waals surface area contributed by atoms with Crippen molar-refractivity contribution in [3.63, 3.8) is 0 Å². The Kier molecular flexibility index (Phi) is 5.62. The van der Waals surface area contributed by atoms with Crippen LogP contribution < -0.4 is 0 Å². The van der Waals surface area contributed by atoms with E-state index in [-0.39, 0.29) is 0 Å². The molecule has 0 N–H and O–H groups in total. The van der Waals surface area contributed by atoms with Crippen LogP contribution >= 0.6 is 0 Å². The van der Waals surface area contributed by atoms with Crippen LogP contribution in [0.25, 0.3) is 0 Å². The average Bonchev–Trinajstić information content (AvgIpc) is 2.10. The van der Waals surface area contributed by atoms with Crippen molar-refractivity contribution in [2.24, 2.45) is 0 Å². The molecule has 0 nitrogen and oxygen atoms in total. The second kappa shape index (κ2) is 6.24. The van der Waals surface area contributed by atoms with Gasteiger partial charge in [0.1, 0.15) is 0 Å². The van der Waals surface area contributed by atoms with Gasteiger partial charge in [0.15, 0.2) is 0 Å². The predicted molar refractivity (Wildman–Crippen MR) is 61.7 cm³/mol. The van der Waals surface area contributed by atoms with Gasteiger partial charge >= 0.3 is 0 Å². The minimum absolute atomic E-state index is 1.06. The molecule has 0 heteroatoms. The Labute approximate surface area is 81.7 Å². The van der Waals surface area contributed by atoms with Crippen LogP contribution in [0.4, 0.5) is 0 Å². The Hall–Kier alpha value is -1.30. The molecule has 0 aliphatic rings. The minimum atomic E-state index is 1.06. The normalized spacial score (nSPS) is 13.5. The zero-order chi connectivity index (χ0) is 10.3. The van der Waals surface area contributed by atoms with Gasteiger partial charge in [-0.05, 0) is 31.9 Å². The van der Waals surface area contributed by atoms with E-state index in [1.165, 1.54) is 0 Å². The summed E-state index contributed by atoms with van der Waals surface area (Å²) in [6.45, 7) is 13.7. The van der Waals surface area contributed by atoms with Crippen molar-refractivity contribution in [3.8, 4) is 0 Å². The van der Waals surface area contributed by atoms with Crippen LogP contribution in [0.2, 0.25) is 0 Å². The lowest BCUT2D eigenvalue weighted by Crippen LogP contribution is -1.85. The fourth-order valence-corrected chi connectivity index (χ4v) is 1.10. The molecule has 0 unspecified atom stereocenters. The van der Waals surface area contributed by atoms with Gasteiger partial charge < -0.3 is 0 Å². The van der Waals surface area contributed by atoms with E-state index in [2.05, 4.69) is 19.2 Å². The Morgan fingerprint density at radius 3 is 1.92 bits per heavy atom. The fourth-order valence-electron chi connectivity index (χ4n) is 1.10. The molecule has 0 fully saturated rings. The van der Waals surface area contributed by atoms with Gasteiger partial charge in [0.2, 0.25) is 0 Å². The maximum Gasteiger partial charge on any atom is -0.0164 e. The van der Waals surface area contributed by atoms with Crippen molar-refractivity contribution in [3.05, 3.63) is 60.3 Å². The summed E-state index contributed by atoms with van der Waals surface area (Å²) in [6.07, 6.45) is 9.96. The van der Waals surface area contributed by atoms with E-state index in [0.717, 1.165) is 16.7 Å². The van der Waals surface area contributed by atoms with Gasteiger partial charge in [0.25, 0.3) is 0 Å². The van der Waals surface area contributed by atoms with Crippen molar-refractivity contribution in [1.82, 2.24) is 0 Å². The Morgan fingerprint density at radius 2 is 1.62 bits per heavy atom. The molecular weight excluding hydrogens is 156 g/mol. The number of allylic oxidation sites excluding steroid dienone is 8. The smallest absolute Gasteiger partial charge is 0.0164 e. The van der Waals surface area contributed by atoms with Crippen LogP contribution in [0.5, 0.6) is 0 Å². The Balaban J connectivity index is 5.24. The molecule has 0 saturated carbocycles. The van der Waals surface area contributed by atoms with E-state index in [0.29, 0.717) is 0 Å². The summed E-state index contributed by atoms with van der Waals surface area (Å²) in [5.74, 6) is 0. The van der Waals surface area contributed by atoms with Crippen LogP contribution in [0.1, 0.15) is 20.8 Å². The molecular formula is C13H18. The topological polar surface area (TPSA) is 0 Å². The van der Waals surface area contributed by atoms with Crippen molar-refractivity contribution in [1.29, 1.82) is 0 Å². The maximum absolute atomic E-state index is 3.93. The molecule has 0 aliphatic heterocycles. The fraction of sp³-hybridized carbons (Fsp3) is 0.231. The van der Waals surface area contributed by atoms with E-state index in [1.807, 2.05) is 45.1 Å². The van der Waals surface area contributed by atoms with E-state index >= 15 is 0 Å². The van der Waals surface area contributed by atoms with E-state index in [1.54, 1.807) is 0 Å². The first kappa shape index (κ1) is 11.7. The van der Waals surface area contributed by atoms with Gasteiger partial charge in [-0.1, -0.05) is 49.1 Å². The second-order valence-corrected chi connectivity index (χ2v) is 2.85. The maximum atomic E-state index is 3.93. The highest BCUT2D eigenvalue weighted by atomic mass is 14.0. The molecule has 13 heavy (non-hydrogen) atoms. The third-order valence-corrected chi connectivity index (χ3v) is 1.67. The van der Waals surface area contributed by atoms with Crippen LogP contribution in [0.15, 0.2) is 60.3 Å². The molecule has 0 radical (unpaired) electrons. The van der Waals surface area contributed by atoms with Gasteiger partial charge in [-0.25, -0.2) is 0 Å². The molecule has 0 aromatic heterocycles. The van der Waals surface area contributed by atoms with E-state index < -0.39 is 0 Å². The van der Waals surface area contributed by atoms with Crippen molar-refractivity contribution < 1.29 is 0 Å². The first-order valence-corrected chi connectivity index (χ1v) is 4.45. The van der Waals surface area contributed by atoms with Crippen molar-refractivity contribution in [2.45, 2.75) is 20.8 Å². The number of rotatable bonds is 4. The van der Waals surface area contributed by atoms with Crippen LogP contribution in [-0.2, 0) is 0 Å². The van der Waals surface area contributed by atoms with E-state index in [4.69, 9.17) is 0 Å². The summed E-state index contributed by atoms with van der Waals surface area (Å²) in [6, 6.07) is 0. The second-order valence-electron chi connectivity index (χ2n) is 2.85. The van der Waals surface area contributed by atoms with Gasteiger partial charge in [-0.15, -0.1) is 0 Å². The summed E-state index contributed by atoms with van der Waals surface area (Å²) in [5, 5.41) is 0. The summed E-state index contributed by atoms with van der Waals surface area (Å²) < 4.78 is 0. The molecule has 0 aromatic rings. The lowest BCUT2D eigenvalue weighted by atomic mass is 10.0. The zero-order valence-electron chi connectivity index (χ0n) is 8.80. The van der Waals surface area contributed by atoms with Crippen LogP contribution in [0.3, 0.4) is 0 Å². The molecule has 0 spiro atoms. The molecule has 0 bridgehead atoms. The highest BCUT2D eigenvalue weighted by Gasteiger charge is 1.97. The first-order chi connectivity index (χ1) is 6.17. The molecule has 0 amide bonds. The lowest BCUT2D eigenvalue weighted by Gasteiger charge is -2.04. The summed E-state index contributed by atoms with van der Waals surface area (Å²) in [4.78, 5) is 0. The van der Waals surface area contributed by atoms with Crippen LogP contribution in [-0.4, -0.2) is 0 Å². The summed E-state index contributed by atoms with van der Waals surface area (Å²) in [5.41, 5.74) is 3.33. The highest BCUT2D eigenvalue weighted by Crippen LogP contribution is 2.16. The van der Waals surface area contributed by atoms with Gasteiger partial charge in [-0.2, -0.15) is 0 Å². The molecule has 0 heterocycles. The Morgan fingerprint density at radius 1 is 1.08 bits per heavy atom. The first-order valence-electron chi connectivity index (χ1n) is 4.45. The Bertz CT molecular complexity index is 272. The standard InChI is InChI=1S/C13H18/c1-6-9-12(8-3)13(10-7-2)11(4)5/h6-10H,3-4H2,1-2,5H3/b9-6-,10-7-,13-12-. The van der Waals surface area contributed by atoms with Gasteiger partial charge in [-0.3, -0.25) is 0 Å². The van der Waals surface area contributed by atoms with Gasteiger partial charge in [0, 0.05) is 0 Å². The summed E-state index contributed by atoms with van der Waals surface area (Å²) in [7, 11) is 0. The van der Waals surface area contributed by atoms with Crippen molar-refractivity contribution in [2.75, 3.05) is 0 Å². The quantitative estimate of drug-likeness (QED) is 0.560. The number of hydrogen-bond acceptors (Lipinski definition) is 0. The largest absolute Gasteiger partial charge is 0.0984 e. The average molecular weight is 174 g/mol. The van der Waals surface area contributed by atoms with Crippen LogP contribution in [0, 0.1) is 0 Å². The molecule has 0 aromatic carbocycles. The third-order valence-electron chi connectivity index (χ3n) is 1.67. The monoisotopic (exact) mass is 174 g/mol. The molecule has 0 aliphatic carbocycles. The number of hydrogen-bond donors (Lipinski definition) is 0. The van der Waals surface area contributed by atoms with Gasteiger partial charge in [0.05, 0.1) is 0 Å². The third kappa shape index (κ3) is 3.75. The highest BCUT2D eigenvalue weighted by molar-refractivity contribution is 5.49. The predicted octanol–water partition coefficient (Wildman–Crippen LogP) is 4.20.